The molecule has 20 heavy (non-hydrogen) atoms. The second-order valence-electron chi connectivity index (χ2n) is 5.30. The number of aryl methyl sites for hydroxylation is 2. The average molecular weight is 277 g/mol. The molecule has 0 bridgehead atoms. The predicted molar refractivity (Wildman–Crippen MR) is 79.7 cm³/mol. The first kappa shape index (κ1) is 16.0. The number of benzene rings is 1. The van der Waals surface area contributed by atoms with Gasteiger partial charge < -0.3 is 16.3 Å². The van der Waals surface area contributed by atoms with E-state index in [-0.39, 0.29) is 17.7 Å². The van der Waals surface area contributed by atoms with Gasteiger partial charge in [-0.1, -0.05) is 48.8 Å². The van der Waals surface area contributed by atoms with Gasteiger partial charge in [0.2, 0.25) is 5.91 Å². The maximum absolute atomic E-state index is 11.9. The van der Waals surface area contributed by atoms with Gasteiger partial charge >= 0.3 is 0 Å². The number of nitrogens with one attached hydrogen (secondary N) is 1. The van der Waals surface area contributed by atoms with Crippen molar-refractivity contribution in [2.75, 3.05) is 0 Å². The van der Waals surface area contributed by atoms with Crippen LogP contribution in [0.3, 0.4) is 0 Å². The number of nitrogens with two attached hydrogens (primary N) is 1. The third-order valence-electron chi connectivity index (χ3n) is 3.18. The highest BCUT2D eigenvalue weighted by molar-refractivity contribution is 5.90. The summed E-state index contributed by atoms with van der Waals surface area (Å²) in [7, 11) is 0. The van der Waals surface area contributed by atoms with Gasteiger partial charge in [-0.15, -0.1) is 0 Å². The van der Waals surface area contributed by atoms with Crippen LogP contribution in [0.5, 0.6) is 0 Å². The molecule has 1 aromatic carbocycles. The van der Waals surface area contributed by atoms with Crippen molar-refractivity contribution in [1.82, 2.24) is 5.32 Å². The lowest BCUT2D eigenvalue weighted by molar-refractivity contribution is -0.121. The van der Waals surface area contributed by atoms with Crippen LogP contribution < -0.4 is 11.1 Å². The molecule has 0 saturated carbocycles. The quantitative estimate of drug-likeness (QED) is 0.321. The highest BCUT2D eigenvalue weighted by Crippen LogP contribution is 2.07. The number of rotatable bonds is 6. The Hall–Kier alpha value is -2.04. The standard InChI is InChI=1S/C15H23N3O2/c1-10(2)14(15(16)18-20)17-13(19)9-8-12-6-4-11(3)5-7-12/h4-7,10,14,20H,8-9H2,1-3H3,(H2,16,18)(H,17,19). The maximum Gasteiger partial charge on any atom is 0.220 e. The van der Waals surface area contributed by atoms with Crippen molar-refractivity contribution in [1.29, 1.82) is 0 Å². The third-order valence-corrected chi connectivity index (χ3v) is 3.18. The van der Waals surface area contributed by atoms with Crippen LogP contribution in [0, 0.1) is 12.8 Å². The lowest BCUT2D eigenvalue weighted by Gasteiger charge is -2.20. The van der Waals surface area contributed by atoms with E-state index in [9.17, 15) is 4.79 Å². The number of hydrogen-bond donors (Lipinski definition) is 3. The molecular formula is C15H23N3O2. The zero-order valence-corrected chi connectivity index (χ0v) is 12.3. The van der Waals surface area contributed by atoms with E-state index >= 15 is 0 Å². The Bertz CT molecular complexity index is 467. The van der Waals surface area contributed by atoms with Crippen molar-refractivity contribution in [3.63, 3.8) is 0 Å². The van der Waals surface area contributed by atoms with Gasteiger partial charge in [-0.2, -0.15) is 0 Å². The summed E-state index contributed by atoms with van der Waals surface area (Å²) in [6, 6.07) is 7.66. The molecule has 5 heteroatoms. The van der Waals surface area contributed by atoms with Gasteiger partial charge in [-0.05, 0) is 24.8 Å². The summed E-state index contributed by atoms with van der Waals surface area (Å²) in [5, 5.41) is 14.5. The molecule has 110 valence electrons. The number of nitrogens with zero attached hydrogens (tertiary/aromatic N) is 1. The molecule has 0 saturated heterocycles. The van der Waals surface area contributed by atoms with Gasteiger partial charge in [-0.25, -0.2) is 0 Å². The molecule has 1 unspecified atom stereocenters. The molecular weight excluding hydrogens is 254 g/mol. The van der Waals surface area contributed by atoms with Crippen LogP contribution in [-0.4, -0.2) is 23.0 Å². The number of amidine groups is 1. The van der Waals surface area contributed by atoms with Crippen LogP contribution in [0.2, 0.25) is 0 Å². The zero-order chi connectivity index (χ0) is 15.1. The SMILES string of the molecule is Cc1ccc(CCC(=O)NC(C(N)=NO)C(C)C)cc1. The molecule has 4 N–H and O–H groups in total. The van der Waals surface area contributed by atoms with Crippen LogP contribution in [-0.2, 0) is 11.2 Å². The Morgan fingerprint density at radius 3 is 2.45 bits per heavy atom. The number of oxime groups is 1. The molecule has 0 aliphatic carbocycles. The van der Waals surface area contributed by atoms with E-state index in [4.69, 9.17) is 10.9 Å². The molecule has 0 aromatic heterocycles. The van der Waals surface area contributed by atoms with Crippen molar-refractivity contribution in [3.05, 3.63) is 35.4 Å². The first-order valence-corrected chi connectivity index (χ1v) is 6.76. The Balaban J connectivity index is 2.52. The van der Waals surface area contributed by atoms with Crippen molar-refractivity contribution < 1.29 is 10.0 Å². The van der Waals surface area contributed by atoms with Gasteiger partial charge in [0.05, 0.1) is 6.04 Å². The molecule has 0 aliphatic heterocycles. The minimum Gasteiger partial charge on any atom is -0.409 e. The minimum absolute atomic E-state index is 0.0312. The fourth-order valence-corrected chi connectivity index (χ4v) is 1.90. The summed E-state index contributed by atoms with van der Waals surface area (Å²) in [4.78, 5) is 11.9. The summed E-state index contributed by atoms with van der Waals surface area (Å²) in [6.45, 7) is 5.84. The summed E-state index contributed by atoms with van der Waals surface area (Å²) < 4.78 is 0. The van der Waals surface area contributed by atoms with E-state index in [1.165, 1.54) is 5.56 Å². The highest BCUT2D eigenvalue weighted by Gasteiger charge is 2.20. The molecule has 0 radical (unpaired) electrons. The Kier molecular flexibility index (Phi) is 6.03. The molecule has 0 aliphatic rings. The maximum atomic E-state index is 11.9. The van der Waals surface area contributed by atoms with Gasteiger partial charge in [0.15, 0.2) is 5.84 Å². The van der Waals surface area contributed by atoms with Crippen molar-refractivity contribution in [2.45, 2.75) is 39.7 Å². The van der Waals surface area contributed by atoms with E-state index < -0.39 is 6.04 Å². The summed E-state index contributed by atoms with van der Waals surface area (Å²) in [5.41, 5.74) is 7.90. The zero-order valence-electron chi connectivity index (χ0n) is 12.3. The smallest absolute Gasteiger partial charge is 0.220 e. The topological polar surface area (TPSA) is 87.7 Å². The van der Waals surface area contributed by atoms with Crippen LogP contribution in [0.1, 0.15) is 31.4 Å². The number of carbonyl (C=O) groups is 1. The third kappa shape index (κ3) is 4.91. The Morgan fingerprint density at radius 2 is 1.95 bits per heavy atom. The average Bonchev–Trinajstić information content (AvgIpc) is 2.43. The van der Waals surface area contributed by atoms with Gasteiger partial charge in [-0.3, -0.25) is 4.79 Å². The number of hydrogen-bond acceptors (Lipinski definition) is 3. The van der Waals surface area contributed by atoms with Crippen molar-refractivity contribution in [3.8, 4) is 0 Å². The second kappa shape index (κ2) is 7.53. The van der Waals surface area contributed by atoms with E-state index in [0.717, 1.165) is 5.56 Å². The Labute approximate surface area is 119 Å². The number of carbonyl (C=O) groups excluding carboxylic acids is 1. The van der Waals surface area contributed by atoms with Gasteiger partial charge in [0.1, 0.15) is 0 Å². The predicted octanol–water partition coefficient (Wildman–Crippen LogP) is 1.81. The summed E-state index contributed by atoms with van der Waals surface area (Å²) in [5.74, 6) is -0.00575. The Morgan fingerprint density at radius 1 is 1.35 bits per heavy atom. The monoisotopic (exact) mass is 277 g/mol. The van der Waals surface area contributed by atoms with Crippen LogP contribution >= 0.6 is 0 Å². The molecule has 5 nitrogen and oxygen atoms in total. The lowest BCUT2D eigenvalue weighted by Crippen LogP contribution is -2.47. The fraction of sp³-hybridized carbons (Fsp3) is 0.467. The number of amides is 1. The molecule has 1 rings (SSSR count). The van der Waals surface area contributed by atoms with E-state index in [2.05, 4.69) is 10.5 Å². The van der Waals surface area contributed by atoms with Crippen LogP contribution in [0.25, 0.3) is 0 Å². The van der Waals surface area contributed by atoms with E-state index in [1.807, 2.05) is 45.0 Å². The van der Waals surface area contributed by atoms with Crippen LogP contribution in [0.15, 0.2) is 29.4 Å². The van der Waals surface area contributed by atoms with Crippen LogP contribution in [0.4, 0.5) is 0 Å². The lowest BCUT2D eigenvalue weighted by atomic mass is 10.0. The minimum atomic E-state index is -0.439. The molecule has 1 aromatic rings. The largest absolute Gasteiger partial charge is 0.409 e. The fourth-order valence-electron chi connectivity index (χ4n) is 1.90. The molecule has 0 spiro atoms. The molecule has 1 atom stereocenters. The summed E-state index contributed by atoms with van der Waals surface area (Å²) in [6.07, 6.45) is 1.05. The molecule has 0 heterocycles. The first-order chi connectivity index (χ1) is 9.43. The second-order valence-corrected chi connectivity index (χ2v) is 5.30. The van der Waals surface area contributed by atoms with Crippen molar-refractivity contribution >= 4 is 11.7 Å². The first-order valence-electron chi connectivity index (χ1n) is 6.76. The highest BCUT2D eigenvalue weighted by atomic mass is 16.4. The van der Waals surface area contributed by atoms with E-state index in [0.29, 0.717) is 12.8 Å². The van der Waals surface area contributed by atoms with E-state index in [1.54, 1.807) is 0 Å². The van der Waals surface area contributed by atoms with Crippen molar-refractivity contribution in [2.24, 2.45) is 16.8 Å². The molecule has 0 fully saturated rings. The van der Waals surface area contributed by atoms with Gasteiger partial charge in [0.25, 0.3) is 0 Å². The van der Waals surface area contributed by atoms with Gasteiger partial charge in [0, 0.05) is 6.42 Å². The molecule has 1 amide bonds. The normalized spacial score (nSPS) is 13.3. The summed E-state index contributed by atoms with van der Waals surface area (Å²) >= 11 is 0.